The summed E-state index contributed by atoms with van der Waals surface area (Å²) in [7, 11) is 0. The molecule has 32 valence electrons. The first-order valence-electron chi connectivity index (χ1n) is 0. The zero-order chi connectivity index (χ0) is 0. The molecule has 0 aromatic rings. The van der Waals surface area contributed by atoms with Gasteiger partial charge in [-0.2, -0.15) is 0 Å². The molecular formula is H2BaF4. The fourth-order valence-corrected chi connectivity index (χ4v) is 0. The summed E-state index contributed by atoms with van der Waals surface area (Å²) in [6, 6.07) is 0. The van der Waals surface area contributed by atoms with E-state index in [0.717, 1.165) is 0 Å². The number of hydrogen-bond acceptors (Lipinski definition) is 0. The van der Waals surface area contributed by atoms with Gasteiger partial charge in [-0.1, -0.05) is 0 Å². The summed E-state index contributed by atoms with van der Waals surface area (Å²) in [6.07, 6.45) is 0. The van der Waals surface area contributed by atoms with Crippen LogP contribution in [0, 0.1) is 0 Å². The van der Waals surface area contributed by atoms with Gasteiger partial charge in [0.05, 0.1) is 0 Å². The first-order chi connectivity index (χ1) is 0. The van der Waals surface area contributed by atoms with Gasteiger partial charge in [0.25, 0.3) is 0 Å². The molecule has 0 atom stereocenters. The summed E-state index contributed by atoms with van der Waals surface area (Å²) in [5.41, 5.74) is 0. The molecule has 0 nitrogen and oxygen atoms in total. The quantitative estimate of drug-likeness (QED) is 0.279. The molecule has 0 amide bonds. The smallest absolute Gasteiger partial charge is 1.00 e. The number of rotatable bonds is 0. The Morgan fingerprint density at radius 2 is 0.600 bits per heavy atom. The monoisotopic (exact) mass is 216 g/mol. The Bertz CT molecular complexity index is 3.61. The molecule has 0 N–H and O–H groups in total. The average molecular weight is 215 g/mol. The van der Waals surface area contributed by atoms with Crippen molar-refractivity contribution >= 4 is 48.9 Å². The first kappa shape index (κ1) is 106. The van der Waals surface area contributed by atoms with E-state index in [-0.39, 0.29) is 67.7 Å². The van der Waals surface area contributed by atoms with Crippen LogP contribution in [0.3, 0.4) is 0 Å². The van der Waals surface area contributed by atoms with Crippen LogP contribution in [0.4, 0.5) is 9.41 Å². The Labute approximate surface area is 66.9 Å². The minimum Gasteiger partial charge on any atom is -1.00 e. The fourth-order valence-electron chi connectivity index (χ4n) is 0. The van der Waals surface area contributed by atoms with Gasteiger partial charge in [-0.3, -0.25) is 9.41 Å². The molecule has 0 heterocycles. The number of halogens is 4. The van der Waals surface area contributed by atoms with Gasteiger partial charge in [0.2, 0.25) is 0 Å². The Morgan fingerprint density at radius 3 is 0.600 bits per heavy atom. The molecule has 0 aliphatic heterocycles. The maximum Gasteiger partial charge on any atom is 2.00 e. The zero-order valence-electron chi connectivity index (χ0n) is 2.28. The van der Waals surface area contributed by atoms with E-state index < -0.39 is 0 Å². The van der Waals surface area contributed by atoms with Crippen LogP contribution in [0.5, 0.6) is 0 Å². The van der Waals surface area contributed by atoms with E-state index in [2.05, 4.69) is 0 Å². The van der Waals surface area contributed by atoms with E-state index >= 15 is 0 Å². The molecule has 0 bridgehead atoms. The van der Waals surface area contributed by atoms with E-state index in [9.17, 15) is 0 Å². The number of hydrogen-bond donors (Lipinski definition) is 0. The van der Waals surface area contributed by atoms with Crippen LogP contribution in [0.25, 0.3) is 0 Å². The average Bonchev–Trinajstić information content (AvgIpc) is 0. The third-order valence-electron chi connectivity index (χ3n) is 0. The molecule has 0 aliphatic rings. The van der Waals surface area contributed by atoms with Gasteiger partial charge in [0.15, 0.2) is 0 Å². The predicted molar refractivity (Wildman–Crippen MR) is 10.8 cm³/mol. The molecule has 0 radical (unpaired) electrons. The molecule has 0 aromatic carbocycles. The second kappa shape index (κ2) is 58.4. The minimum absolute atomic E-state index is 0. The second-order valence-corrected chi connectivity index (χ2v) is 0. The maximum absolute atomic E-state index is 0. The van der Waals surface area contributed by atoms with Gasteiger partial charge in [-0.15, -0.1) is 0 Å². The standard InChI is InChI=1S/Ba.4FH/h;4*1H/q+2;;;;/p-2. The van der Waals surface area contributed by atoms with Crippen molar-refractivity contribution in [3.8, 4) is 0 Å². The summed E-state index contributed by atoms with van der Waals surface area (Å²) in [4.78, 5) is 0. The molecular weight excluding hydrogens is 213 g/mol. The van der Waals surface area contributed by atoms with Crippen molar-refractivity contribution in [2.24, 2.45) is 0 Å². The van der Waals surface area contributed by atoms with Gasteiger partial charge in [-0.25, -0.2) is 0 Å². The van der Waals surface area contributed by atoms with Crippen molar-refractivity contribution in [2.45, 2.75) is 0 Å². The Kier molecular flexibility index (Phi) is 1230. The third-order valence-corrected chi connectivity index (χ3v) is 0. The topological polar surface area (TPSA) is 0 Å². The largest absolute Gasteiger partial charge is 2.00 e. The Balaban J connectivity index is 0. The molecule has 0 fully saturated rings. The first-order valence-corrected chi connectivity index (χ1v) is 0. The van der Waals surface area contributed by atoms with Crippen LogP contribution in [0.2, 0.25) is 0 Å². The van der Waals surface area contributed by atoms with Gasteiger partial charge in [0, 0.05) is 0 Å². The third kappa shape index (κ3) is 34.4. The predicted octanol–water partition coefficient (Wildman–Crippen LogP) is -6.07. The normalized spacial score (nSPS) is 0. The van der Waals surface area contributed by atoms with Crippen LogP contribution >= 0.6 is 0 Å². The van der Waals surface area contributed by atoms with Crippen molar-refractivity contribution in [3.63, 3.8) is 0 Å². The SMILES string of the molecule is F.F.[Ba+2].[F-].[F-]. The van der Waals surface area contributed by atoms with Gasteiger partial charge in [0.1, 0.15) is 0 Å². The summed E-state index contributed by atoms with van der Waals surface area (Å²) in [6.45, 7) is 0. The molecule has 0 spiro atoms. The molecule has 5 heteroatoms. The van der Waals surface area contributed by atoms with Crippen molar-refractivity contribution in [1.29, 1.82) is 0 Å². The molecule has 5 heavy (non-hydrogen) atoms. The summed E-state index contributed by atoms with van der Waals surface area (Å²) in [5.74, 6) is 0. The summed E-state index contributed by atoms with van der Waals surface area (Å²) >= 11 is 0. The summed E-state index contributed by atoms with van der Waals surface area (Å²) in [5, 5.41) is 0. The second-order valence-electron chi connectivity index (χ2n) is 0. The van der Waals surface area contributed by atoms with Crippen LogP contribution in [0.1, 0.15) is 0 Å². The Morgan fingerprint density at radius 1 is 0.600 bits per heavy atom. The fraction of sp³-hybridized carbons (Fsp3) is 0. The Hall–Kier alpha value is 1.29. The van der Waals surface area contributed by atoms with Crippen LogP contribution in [0.15, 0.2) is 0 Å². The van der Waals surface area contributed by atoms with E-state index in [4.69, 9.17) is 0 Å². The van der Waals surface area contributed by atoms with Crippen LogP contribution < -0.4 is 9.41 Å². The van der Waals surface area contributed by atoms with Crippen molar-refractivity contribution < 1.29 is 18.8 Å². The van der Waals surface area contributed by atoms with Crippen LogP contribution in [-0.2, 0) is 0 Å². The molecule has 0 unspecified atom stereocenters. The van der Waals surface area contributed by atoms with E-state index in [0.29, 0.717) is 0 Å². The molecule has 0 aromatic heterocycles. The molecule has 0 saturated carbocycles. The van der Waals surface area contributed by atoms with E-state index in [1.54, 1.807) is 0 Å². The van der Waals surface area contributed by atoms with E-state index in [1.807, 2.05) is 0 Å². The van der Waals surface area contributed by atoms with Gasteiger partial charge >= 0.3 is 48.9 Å². The van der Waals surface area contributed by atoms with Gasteiger partial charge < -0.3 is 9.41 Å². The molecule has 0 rings (SSSR count). The minimum atomic E-state index is 0. The van der Waals surface area contributed by atoms with Crippen LogP contribution in [-0.4, -0.2) is 48.9 Å². The summed E-state index contributed by atoms with van der Waals surface area (Å²) < 4.78 is 0. The molecule has 0 aliphatic carbocycles. The maximum atomic E-state index is 0. The van der Waals surface area contributed by atoms with Crippen molar-refractivity contribution in [2.75, 3.05) is 0 Å². The van der Waals surface area contributed by atoms with E-state index in [1.165, 1.54) is 0 Å². The molecule has 0 saturated heterocycles. The van der Waals surface area contributed by atoms with Crippen molar-refractivity contribution in [3.05, 3.63) is 0 Å². The van der Waals surface area contributed by atoms with Gasteiger partial charge in [-0.05, 0) is 0 Å². The zero-order valence-corrected chi connectivity index (χ0v) is 6.72. The van der Waals surface area contributed by atoms with Crippen molar-refractivity contribution in [1.82, 2.24) is 0 Å².